The summed E-state index contributed by atoms with van der Waals surface area (Å²) in [5.74, 6) is 5.19. The van der Waals surface area contributed by atoms with Crippen LogP contribution in [0.2, 0.25) is 0 Å². The molecule has 0 aliphatic rings. The Hall–Kier alpha value is 1.06. The Morgan fingerprint density at radius 1 is 0.780 bits per heavy atom. The summed E-state index contributed by atoms with van der Waals surface area (Å²) in [6.07, 6.45) is 0.708. The van der Waals surface area contributed by atoms with Crippen LogP contribution >= 0.6 is 106 Å². The first-order valence-corrected chi connectivity index (χ1v) is 23.0. The SMILES string of the molecule is O=C(NCSCSC/N=C\S(=O)CCSCSCCSC(=O)NCSCSC/N=C/OOCSCO)OCSCO. The molecule has 0 bridgehead atoms. The van der Waals surface area contributed by atoms with E-state index in [1.807, 2.05) is 0 Å². The molecule has 0 aromatic carbocycles. The van der Waals surface area contributed by atoms with Crippen LogP contribution in [-0.4, -0.2) is 123 Å². The number of amides is 2. The molecular formula is C19H36N4O8S10. The molecule has 1 unspecified atom stereocenters. The maximum atomic E-state index is 12.0. The first-order chi connectivity index (χ1) is 20.1. The zero-order valence-corrected chi connectivity index (χ0v) is 30.2. The number of rotatable bonds is 29. The lowest BCUT2D eigenvalue weighted by Gasteiger charge is -2.05. The minimum Gasteiger partial charge on any atom is -0.438 e. The fourth-order valence-corrected chi connectivity index (χ4v) is 9.41. The fourth-order valence-electron chi connectivity index (χ4n) is 1.70. The summed E-state index contributed by atoms with van der Waals surface area (Å²) in [6.45, 7) is 0. The van der Waals surface area contributed by atoms with Crippen molar-refractivity contribution < 1.29 is 38.5 Å². The van der Waals surface area contributed by atoms with Crippen LogP contribution in [0.5, 0.6) is 0 Å². The molecule has 0 aromatic heterocycles. The summed E-state index contributed by atoms with van der Waals surface area (Å²) >= 11 is 13.3. The van der Waals surface area contributed by atoms with Gasteiger partial charge in [-0.25, -0.2) is 9.79 Å². The van der Waals surface area contributed by atoms with Gasteiger partial charge in [-0.05, 0) is 0 Å². The second kappa shape index (κ2) is 35.5. The standard InChI is InChI=1S/C19H36N4O8S10/c24-11-38-13-29-18(26)22-8-36-17-35-7-21-10-41(28)4-3-33-15-32-1-2-40-19(27)23-9-37-16-34-6-20-5-30-31-14-39-12-25/h5,10,24-25H,1-4,6-9,11-17H2,(H,22,26)(H,23,27)/b20-5+,21-10-. The summed E-state index contributed by atoms with van der Waals surface area (Å²) in [5, 5.41) is 25.0. The maximum Gasteiger partial charge on any atom is 0.408 e. The van der Waals surface area contributed by atoms with E-state index in [1.54, 1.807) is 58.8 Å². The highest BCUT2D eigenvalue weighted by atomic mass is 32.2. The van der Waals surface area contributed by atoms with Gasteiger partial charge in [0.1, 0.15) is 11.9 Å². The van der Waals surface area contributed by atoms with Gasteiger partial charge in [-0.2, -0.15) is 28.4 Å². The van der Waals surface area contributed by atoms with Crippen molar-refractivity contribution in [2.75, 3.05) is 85.5 Å². The molecule has 0 aliphatic heterocycles. The van der Waals surface area contributed by atoms with E-state index in [9.17, 15) is 13.8 Å². The quantitative estimate of drug-likeness (QED) is 0.0212. The number of aliphatic hydroxyl groups is 2. The molecule has 0 saturated carbocycles. The molecule has 240 valence electrons. The van der Waals surface area contributed by atoms with Crippen LogP contribution in [0.4, 0.5) is 9.59 Å². The van der Waals surface area contributed by atoms with Gasteiger partial charge in [0.05, 0.1) is 51.7 Å². The molecule has 0 heterocycles. The molecule has 0 rings (SSSR count). The molecule has 0 aromatic rings. The average molecular weight is 769 g/mol. The number of ether oxygens (including phenoxy) is 1. The Morgan fingerprint density at radius 2 is 1.44 bits per heavy atom. The van der Waals surface area contributed by atoms with E-state index in [0.29, 0.717) is 29.3 Å². The van der Waals surface area contributed by atoms with Gasteiger partial charge in [0.25, 0.3) is 5.24 Å². The van der Waals surface area contributed by atoms with E-state index in [-0.39, 0.29) is 29.0 Å². The zero-order valence-electron chi connectivity index (χ0n) is 22.1. The number of aliphatic imine (C=N–C) groups is 2. The van der Waals surface area contributed by atoms with E-state index in [4.69, 9.17) is 19.8 Å². The highest BCUT2D eigenvalue weighted by Gasteiger charge is 2.03. The lowest BCUT2D eigenvalue weighted by atomic mass is 11.0. The van der Waals surface area contributed by atoms with Crippen molar-refractivity contribution in [3.8, 4) is 0 Å². The van der Waals surface area contributed by atoms with Gasteiger partial charge in [-0.3, -0.25) is 14.0 Å². The molecular weight excluding hydrogens is 733 g/mol. The van der Waals surface area contributed by atoms with Crippen LogP contribution in [-0.2, 0) is 25.3 Å². The molecule has 12 nitrogen and oxygen atoms in total. The Morgan fingerprint density at radius 3 is 2.20 bits per heavy atom. The molecule has 0 spiro atoms. The second-order valence-electron chi connectivity index (χ2n) is 6.23. The molecule has 0 aliphatic carbocycles. The number of alkyl carbamates (subject to hydrolysis) is 1. The van der Waals surface area contributed by atoms with Gasteiger partial charge in [0, 0.05) is 38.3 Å². The second-order valence-corrected chi connectivity index (χ2v) is 17.7. The van der Waals surface area contributed by atoms with Crippen molar-refractivity contribution in [1.29, 1.82) is 0 Å². The van der Waals surface area contributed by atoms with Gasteiger partial charge < -0.3 is 30.5 Å². The van der Waals surface area contributed by atoms with Gasteiger partial charge in [-0.1, -0.05) is 23.5 Å². The number of thioether (sulfide) groups is 9. The van der Waals surface area contributed by atoms with Crippen molar-refractivity contribution >= 4 is 140 Å². The van der Waals surface area contributed by atoms with Crippen LogP contribution in [0, 0.1) is 0 Å². The van der Waals surface area contributed by atoms with Crippen molar-refractivity contribution in [1.82, 2.24) is 10.6 Å². The topological polar surface area (TPSA) is 168 Å². The Kier molecular flexibility index (Phi) is 36.5. The largest absolute Gasteiger partial charge is 0.438 e. The van der Waals surface area contributed by atoms with E-state index in [2.05, 4.69) is 25.5 Å². The highest BCUT2D eigenvalue weighted by molar-refractivity contribution is 8.18. The van der Waals surface area contributed by atoms with Crippen molar-refractivity contribution in [3.63, 3.8) is 0 Å². The Labute approximate surface area is 282 Å². The normalized spacial score (nSPS) is 12.1. The molecule has 0 fully saturated rings. The monoisotopic (exact) mass is 768 g/mol. The predicted molar refractivity (Wildman–Crippen MR) is 191 cm³/mol. The van der Waals surface area contributed by atoms with Crippen molar-refractivity contribution in [2.24, 2.45) is 9.98 Å². The zero-order chi connectivity index (χ0) is 30.1. The van der Waals surface area contributed by atoms with Gasteiger partial charge in [-0.15, -0.1) is 58.8 Å². The molecule has 2 amide bonds. The molecule has 4 N–H and O–H groups in total. The van der Waals surface area contributed by atoms with E-state index < -0.39 is 16.9 Å². The van der Waals surface area contributed by atoms with Crippen LogP contribution in [0.25, 0.3) is 0 Å². The smallest absolute Gasteiger partial charge is 0.408 e. The number of carbonyl (C=O) groups is 2. The van der Waals surface area contributed by atoms with E-state index in [0.717, 1.165) is 44.3 Å². The van der Waals surface area contributed by atoms with Crippen molar-refractivity contribution in [2.45, 2.75) is 0 Å². The molecule has 1 atom stereocenters. The summed E-state index contributed by atoms with van der Waals surface area (Å²) in [6, 6.07) is 0. The highest BCUT2D eigenvalue weighted by Crippen LogP contribution is 2.16. The minimum absolute atomic E-state index is 0.0241. The number of nitrogens with zero attached hydrogens (tertiary/aromatic N) is 2. The molecule has 41 heavy (non-hydrogen) atoms. The van der Waals surface area contributed by atoms with Gasteiger partial charge >= 0.3 is 6.09 Å². The number of hydrogen-bond acceptors (Lipinski definition) is 19. The average Bonchev–Trinajstić information content (AvgIpc) is 2.96. The third kappa shape index (κ3) is 35.4. The lowest BCUT2D eigenvalue weighted by Crippen LogP contribution is -2.23. The lowest BCUT2D eigenvalue weighted by molar-refractivity contribution is -0.196. The first-order valence-electron chi connectivity index (χ1n) is 11.4. The van der Waals surface area contributed by atoms with Crippen LogP contribution < -0.4 is 10.6 Å². The number of hydrogen-bond donors (Lipinski definition) is 4. The van der Waals surface area contributed by atoms with Crippen molar-refractivity contribution in [3.05, 3.63) is 0 Å². The third-order valence-electron chi connectivity index (χ3n) is 3.32. The Balaban J connectivity index is 3.39. The summed E-state index contributed by atoms with van der Waals surface area (Å²) in [4.78, 5) is 40.7. The van der Waals surface area contributed by atoms with Crippen LogP contribution in [0.3, 0.4) is 0 Å². The molecule has 0 radical (unpaired) electrons. The van der Waals surface area contributed by atoms with E-state index >= 15 is 0 Å². The predicted octanol–water partition coefficient (Wildman–Crippen LogP) is 4.29. The minimum atomic E-state index is -1.08. The fraction of sp³-hybridized carbons (Fsp3) is 0.789. The van der Waals surface area contributed by atoms with E-state index in [1.165, 1.54) is 47.2 Å². The summed E-state index contributed by atoms with van der Waals surface area (Å²) < 4.78 is 16.8. The Bertz CT molecular complexity index is 719. The number of nitrogens with one attached hydrogen (secondary N) is 2. The third-order valence-corrected chi connectivity index (χ3v) is 12.9. The summed E-state index contributed by atoms with van der Waals surface area (Å²) in [5.41, 5.74) is 1.49. The van der Waals surface area contributed by atoms with Crippen LogP contribution in [0.15, 0.2) is 9.98 Å². The number of carbonyl (C=O) groups excluding carboxylic acids is 2. The number of aliphatic hydroxyl groups excluding tert-OH is 2. The van der Waals surface area contributed by atoms with Gasteiger partial charge in [0.2, 0.25) is 6.40 Å². The maximum absolute atomic E-state index is 12.0. The summed E-state index contributed by atoms with van der Waals surface area (Å²) in [7, 11) is -1.08. The molecule has 22 heteroatoms. The van der Waals surface area contributed by atoms with Crippen LogP contribution in [0.1, 0.15) is 0 Å². The van der Waals surface area contributed by atoms with Gasteiger partial charge in [0.15, 0.2) is 0 Å². The first kappa shape index (κ1) is 42.1. The molecule has 0 saturated heterocycles.